The van der Waals surface area contributed by atoms with Gasteiger partial charge in [0.05, 0.1) is 0 Å². The van der Waals surface area contributed by atoms with Crippen LogP contribution in [0.25, 0.3) is 6.08 Å². The number of nitrogens with zero attached hydrogens (tertiary/aromatic N) is 5. The molecule has 1 aromatic carbocycles. The molecular formula is C33H42N6O. The maximum atomic E-state index is 10.2. The minimum absolute atomic E-state index is 0.281. The van der Waals surface area contributed by atoms with Crippen LogP contribution in [0.15, 0.2) is 48.0 Å². The molecule has 1 saturated heterocycles. The molecule has 0 bridgehead atoms. The lowest BCUT2D eigenvalue weighted by molar-refractivity contribution is 0.0857. The molecule has 3 aliphatic rings. The predicted molar refractivity (Wildman–Crippen MR) is 161 cm³/mol. The number of allylic oxidation sites excluding steroid dienone is 3. The second kappa shape index (κ2) is 12.8. The van der Waals surface area contributed by atoms with Gasteiger partial charge in [0.2, 0.25) is 5.88 Å². The summed E-state index contributed by atoms with van der Waals surface area (Å²) in [5.41, 5.74) is 6.43. The first-order chi connectivity index (χ1) is 19.5. The summed E-state index contributed by atoms with van der Waals surface area (Å²) in [5, 5.41) is 13.6. The zero-order chi connectivity index (χ0) is 28.1. The van der Waals surface area contributed by atoms with Crippen LogP contribution in [0.5, 0.6) is 11.6 Å². The Morgan fingerprint density at radius 2 is 1.95 bits per heavy atom. The highest BCUT2D eigenvalue weighted by Gasteiger charge is 2.27. The van der Waals surface area contributed by atoms with E-state index in [1.165, 1.54) is 23.0 Å². The van der Waals surface area contributed by atoms with Crippen molar-refractivity contribution < 1.29 is 4.74 Å². The molecule has 2 unspecified atom stereocenters. The van der Waals surface area contributed by atoms with Gasteiger partial charge in [-0.3, -0.25) is 4.90 Å². The van der Waals surface area contributed by atoms with Crippen molar-refractivity contribution in [3.05, 3.63) is 70.2 Å². The number of fused-ring (bicyclic) bond motifs is 1. The van der Waals surface area contributed by atoms with Gasteiger partial charge in [-0.2, -0.15) is 5.26 Å². The number of nitrogens with one attached hydrogen (secondary N) is 1. The number of hydrogen-bond acceptors (Lipinski definition) is 7. The van der Waals surface area contributed by atoms with Crippen molar-refractivity contribution in [2.75, 3.05) is 38.5 Å². The van der Waals surface area contributed by atoms with Gasteiger partial charge >= 0.3 is 0 Å². The number of likely N-dealkylation sites (N-methyl/N-ethyl adjacent to an activating group) is 1. The van der Waals surface area contributed by atoms with Crippen molar-refractivity contribution in [2.24, 2.45) is 5.92 Å². The zero-order valence-corrected chi connectivity index (χ0v) is 24.4. The molecule has 0 saturated carbocycles. The third kappa shape index (κ3) is 6.29. The van der Waals surface area contributed by atoms with Gasteiger partial charge in [-0.15, -0.1) is 0 Å². The minimum atomic E-state index is 0.281. The van der Waals surface area contributed by atoms with Gasteiger partial charge in [-0.05, 0) is 81.7 Å². The minimum Gasteiger partial charge on any atom is -0.437 e. The van der Waals surface area contributed by atoms with Crippen molar-refractivity contribution in [3.63, 3.8) is 0 Å². The Kier molecular flexibility index (Phi) is 8.98. The van der Waals surface area contributed by atoms with E-state index in [2.05, 4.69) is 89.3 Å². The Morgan fingerprint density at radius 3 is 2.73 bits per heavy atom. The van der Waals surface area contributed by atoms with E-state index in [0.29, 0.717) is 23.3 Å². The molecule has 2 heterocycles. The molecule has 0 spiro atoms. The maximum absolute atomic E-state index is 10.2. The van der Waals surface area contributed by atoms with Crippen LogP contribution in [0.2, 0.25) is 0 Å². The molecule has 0 radical (unpaired) electrons. The first-order valence-electron chi connectivity index (χ1n) is 14.8. The molecular weight excluding hydrogens is 496 g/mol. The molecule has 0 amide bonds. The fourth-order valence-electron chi connectivity index (χ4n) is 6.18. The van der Waals surface area contributed by atoms with E-state index in [9.17, 15) is 5.26 Å². The molecule has 5 rings (SSSR count). The van der Waals surface area contributed by atoms with Gasteiger partial charge in [0.15, 0.2) is 11.4 Å². The number of piperazine rings is 1. The van der Waals surface area contributed by atoms with E-state index >= 15 is 0 Å². The summed E-state index contributed by atoms with van der Waals surface area (Å²) < 4.78 is 6.37. The monoisotopic (exact) mass is 538 g/mol. The van der Waals surface area contributed by atoms with Crippen molar-refractivity contribution in [1.82, 2.24) is 19.8 Å². The summed E-state index contributed by atoms with van der Waals surface area (Å²) in [4.78, 5) is 13.9. The molecule has 40 heavy (non-hydrogen) atoms. The Morgan fingerprint density at radius 1 is 1.12 bits per heavy atom. The Bertz CT molecular complexity index is 1350. The standard InChI is InChI=1S/C33H42N6O/c1-5-27-28-20-23(2)8-6-10-25(28)12-15-31(27)40-33-29(21-34)32(35-22-36-33)37-26-11-7-9-24(3)30(14-13-26)39-18-16-38(4)17-19-39/h7,11-13,15,20,22,24,30H,5-6,8-10,14,16-19H2,1-4H3,(H,35,36,37)/b11-7+,26-13+. The smallest absolute Gasteiger partial charge is 0.242 e. The van der Waals surface area contributed by atoms with E-state index in [-0.39, 0.29) is 5.88 Å². The molecule has 2 aromatic rings. The van der Waals surface area contributed by atoms with Gasteiger partial charge in [0.25, 0.3) is 0 Å². The molecule has 2 aliphatic carbocycles. The van der Waals surface area contributed by atoms with Gasteiger partial charge in [-0.25, -0.2) is 9.97 Å². The number of anilines is 1. The molecule has 1 fully saturated rings. The highest BCUT2D eigenvalue weighted by molar-refractivity contribution is 5.66. The lowest BCUT2D eigenvalue weighted by atomic mass is 9.91. The maximum Gasteiger partial charge on any atom is 0.242 e. The molecule has 2 atom stereocenters. The number of aryl methyl sites for hydroxylation is 1. The average molecular weight is 539 g/mol. The van der Waals surface area contributed by atoms with Crippen molar-refractivity contribution in [3.8, 4) is 17.7 Å². The van der Waals surface area contributed by atoms with Crippen LogP contribution in [0, 0.1) is 17.2 Å². The second-order valence-corrected chi connectivity index (χ2v) is 11.5. The molecule has 1 aromatic heterocycles. The van der Waals surface area contributed by atoms with E-state index in [1.807, 2.05) is 6.07 Å². The van der Waals surface area contributed by atoms with Crippen LogP contribution in [-0.2, 0) is 12.8 Å². The summed E-state index contributed by atoms with van der Waals surface area (Å²) in [5.74, 6) is 2.08. The summed E-state index contributed by atoms with van der Waals surface area (Å²) in [6.45, 7) is 11.1. The van der Waals surface area contributed by atoms with E-state index < -0.39 is 0 Å². The van der Waals surface area contributed by atoms with E-state index in [1.54, 1.807) is 0 Å². The predicted octanol–water partition coefficient (Wildman–Crippen LogP) is 6.34. The molecule has 1 N–H and O–H groups in total. The highest BCUT2D eigenvalue weighted by Crippen LogP contribution is 2.36. The summed E-state index contributed by atoms with van der Waals surface area (Å²) >= 11 is 0. The Hall–Kier alpha value is -3.47. The van der Waals surface area contributed by atoms with Crippen molar-refractivity contribution in [2.45, 2.75) is 65.3 Å². The van der Waals surface area contributed by atoms with Gasteiger partial charge in [0.1, 0.15) is 18.1 Å². The number of rotatable bonds is 6. The third-order valence-corrected chi connectivity index (χ3v) is 8.61. The second-order valence-electron chi connectivity index (χ2n) is 11.5. The van der Waals surface area contributed by atoms with Gasteiger partial charge < -0.3 is 15.0 Å². The quantitative estimate of drug-likeness (QED) is 0.460. The van der Waals surface area contributed by atoms with Crippen LogP contribution >= 0.6 is 0 Å². The number of benzene rings is 1. The van der Waals surface area contributed by atoms with Crippen LogP contribution in [0.4, 0.5) is 5.82 Å². The fourth-order valence-corrected chi connectivity index (χ4v) is 6.18. The zero-order valence-electron chi connectivity index (χ0n) is 24.4. The topological polar surface area (TPSA) is 77.3 Å². The summed E-state index contributed by atoms with van der Waals surface area (Å²) in [6, 6.07) is 6.99. The molecule has 7 nitrogen and oxygen atoms in total. The number of nitriles is 1. The number of ether oxygens (including phenoxy) is 1. The third-order valence-electron chi connectivity index (χ3n) is 8.61. The summed E-state index contributed by atoms with van der Waals surface area (Å²) in [7, 11) is 2.20. The molecule has 1 aliphatic heterocycles. The Labute approximate surface area is 239 Å². The van der Waals surface area contributed by atoms with Crippen LogP contribution in [0.1, 0.15) is 68.7 Å². The first-order valence-corrected chi connectivity index (χ1v) is 14.8. The lowest BCUT2D eigenvalue weighted by Crippen LogP contribution is -2.50. The first kappa shape index (κ1) is 28.1. The normalized spacial score (nSPS) is 24.3. The number of hydrogen-bond donors (Lipinski definition) is 1. The van der Waals surface area contributed by atoms with Crippen LogP contribution < -0.4 is 10.1 Å². The lowest BCUT2D eigenvalue weighted by Gasteiger charge is -2.40. The van der Waals surface area contributed by atoms with Crippen molar-refractivity contribution >= 4 is 11.9 Å². The van der Waals surface area contributed by atoms with Crippen molar-refractivity contribution in [1.29, 1.82) is 5.26 Å². The largest absolute Gasteiger partial charge is 0.437 e. The highest BCUT2D eigenvalue weighted by atomic mass is 16.5. The fraction of sp³-hybridized carbons (Fsp3) is 0.485. The van der Waals surface area contributed by atoms with Crippen LogP contribution in [0.3, 0.4) is 0 Å². The van der Waals surface area contributed by atoms with Crippen LogP contribution in [-0.4, -0.2) is 59.0 Å². The number of aromatic nitrogens is 2. The molecule has 7 heteroatoms. The van der Waals surface area contributed by atoms with Gasteiger partial charge in [0, 0.05) is 43.5 Å². The average Bonchev–Trinajstić information content (AvgIpc) is 3.13. The van der Waals surface area contributed by atoms with Gasteiger partial charge in [-0.1, -0.05) is 43.7 Å². The summed E-state index contributed by atoms with van der Waals surface area (Å²) in [6.07, 6.45) is 16.5. The molecule has 210 valence electrons. The SMILES string of the molecule is CCc1c(Oc2ncnc(NC3=C/CC(N4CCN(C)CC4)C(C)C\C=C\3)c2C#N)ccc2c1C=C(C)CCC2. The van der Waals surface area contributed by atoms with E-state index in [4.69, 9.17) is 4.74 Å². The Balaban J connectivity index is 1.38. The van der Waals surface area contributed by atoms with E-state index in [0.717, 1.165) is 81.7 Å².